The number of anilines is 1. The van der Waals surface area contributed by atoms with E-state index in [4.69, 9.17) is 11.6 Å². The Labute approximate surface area is 99.6 Å². The van der Waals surface area contributed by atoms with Crippen LogP contribution >= 0.6 is 11.6 Å². The molecule has 0 radical (unpaired) electrons. The third-order valence-electron chi connectivity index (χ3n) is 2.86. The van der Waals surface area contributed by atoms with Gasteiger partial charge >= 0.3 is 0 Å². The second kappa shape index (κ2) is 4.09. The van der Waals surface area contributed by atoms with Crippen molar-refractivity contribution in [1.29, 1.82) is 0 Å². The summed E-state index contributed by atoms with van der Waals surface area (Å²) in [7, 11) is 0. The van der Waals surface area contributed by atoms with Gasteiger partial charge in [0.05, 0.1) is 11.9 Å². The first kappa shape index (κ1) is 11.5. The maximum Gasteiger partial charge on any atom is 0.287 e. The van der Waals surface area contributed by atoms with Crippen molar-refractivity contribution in [3.8, 4) is 0 Å². The summed E-state index contributed by atoms with van der Waals surface area (Å²) in [6.45, 7) is 4.72. The third-order valence-corrected chi connectivity index (χ3v) is 3.22. The zero-order chi connectivity index (χ0) is 11.8. The molecule has 88 valence electrons. The molecular formula is C11H16ClN3O. The van der Waals surface area contributed by atoms with Gasteiger partial charge in [-0.05, 0) is 26.2 Å². The Hall–Kier alpha value is -1.03. The number of rotatable bonds is 4. The summed E-state index contributed by atoms with van der Waals surface area (Å²) in [6, 6.07) is 0. The van der Waals surface area contributed by atoms with Gasteiger partial charge in [-0.15, -0.1) is 0 Å². The standard InChI is InChI=1S/C11H16ClN3O/c1-3-6-15-10(16)9(12)8(7-13-15)14-11(2)4-5-11/h7,14H,3-6H2,1-2H3. The molecule has 0 saturated heterocycles. The highest BCUT2D eigenvalue weighted by molar-refractivity contribution is 6.32. The topological polar surface area (TPSA) is 46.9 Å². The summed E-state index contributed by atoms with van der Waals surface area (Å²) in [5.41, 5.74) is 0.547. The van der Waals surface area contributed by atoms with Gasteiger partial charge in [-0.1, -0.05) is 18.5 Å². The number of halogens is 1. The molecule has 0 aromatic carbocycles. The lowest BCUT2D eigenvalue weighted by Gasteiger charge is -2.14. The van der Waals surface area contributed by atoms with E-state index in [2.05, 4.69) is 17.3 Å². The molecule has 0 bridgehead atoms. The van der Waals surface area contributed by atoms with E-state index in [9.17, 15) is 4.79 Å². The van der Waals surface area contributed by atoms with Crippen molar-refractivity contribution in [1.82, 2.24) is 9.78 Å². The minimum Gasteiger partial charge on any atom is -0.377 e. The van der Waals surface area contributed by atoms with Crippen LogP contribution in [0.5, 0.6) is 0 Å². The van der Waals surface area contributed by atoms with E-state index in [1.807, 2.05) is 6.92 Å². The molecule has 1 N–H and O–H groups in total. The fourth-order valence-corrected chi connectivity index (χ4v) is 1.75. The normalized spacial score (nSPS) is 17.2. The second-order valence-electron chi connectivity index (χ2n) is 4.59. The Bertz CT molecular complexity index is 451. The monoisotopic (exact) mass is 241 g/mol. The van der Waals surface area contributed by atoms with Gasteiger partial charge in [0.2, 0.25) is 0 Å². The van der Waals surface area contributed by atoms with Gasteiger partial charge in [-0.2, -0.15) is 5.10 Å². The molecule has 0 atom stereocenters. The molecule has 0 unspecified atom stereocenters. The first-order valence-electron chi connectivity index (χ1n) is 5.59. The smallest absolute Gasteiger partial charge is 0.287 e. The molecule has 1 aliphatic rings. The third kappa shape index (κ3) is 2.21. The Morgan fingerprint density at radius 2 is 2.31 bits per heavy atom. The molecule has 1 heterocycles. The van der Waals surface area contributed by atoms with Crippen LogP contribution in [0.4, 0.5) is 5.69 Å². The van der Waals surface area contributed by atoms with Gasteiger partial charge in [0.25, 0.3) is 5.56 Å². The van der Waals surface area contributed by atoms with Crippen molar-refractivity contribution in [2.24, 2.45) is 0 Å². The summed E-state index contributed by atoms with van der Waals surface area (Å²) in [4.78, 5) is 11.8. The van der Waals surface area contributed by atoms with Gasteiger partial charge < -0.3 is 5.32 Å². The molecule has 1 fully saturated rings. The molecule has 0 aliphatic heterocycles. The molecule has 1 aliphatic carbocycles. The predicted molar refractivity (Wildman–Crippen MR) is 65.1 cm³/mol. The van der Waals surface area contributed by atoms with E-state index < -0.39 is 0 Å². The quantitative estimate of drug-likeness (QED) is 0.880. The van der Waals surface area contributed by atoms with Crippen LogP contribution in [0, 0.1) is 0 Å². The van der Waals surface area contributed by atoms with Crippen LogP contribution in [0.2, 0.25) is 5.02 Å². The zero-order valence-electron chi connectivity index (χ0n) is 9.59. The van der Waals surface area contributed by atoms with Crippen molar-refractivity contribution in [3.63, 3.8) is 0 Å². The summed E-state index contributed by atoms with van der Waals surface area (Å²) in [5, 5.41) is 7.61. The Balaban J connectivity index is 2.27. The van der Waals surface area contributed by atoms with Gasteiger partial charge in [0, 0.05) is 12.1 Å². The molecule has 0 spiro atoms. The van der Waals surface area contributed by atoms with Crippen molar-refractivity contribution in [2.45, 2.75) is 45.2 Å². The average Bonchev–Trinajstić information content (AvgIpc) is 2.97. The molecule has 5 heteroatoms. The van der Waals surface area contributed by atoms with Gasteiger partial charge in [-0.25, -0.2) is 4.68 Å². The van der Waals surface area contributed by atoms with Crippen molar-refractivity contribution in [2.75, 3.05) is 5.32 Å². The maximum atomic E-state index is 11.8. The highest BCUT2D eigenvalue weighted by Gasteiger charge is 2.37. The van der Waals surface area contributed by atoms with E-state index in [0.717, 1.165) is 19.3 Å². The minimum absolute atomic E-state index is 0.106. The van der Waals surface area contributed by atoms with E-state index in [1.165, 1.54) is 4.68 Å². The number of aromatic nitrogens is 2. The lowest BCUT2D eigenvalue weighted by Crippen LogP contribution is -2.26. The molecule has 4 nitrogen and oxygen atoms in total. The van der Waals surface area contributed by atoms with Crippen LogP contribution in [0.15, 0.2) is 11.0 Å². The SMILES string of the molecule is CCCn1ncc(NC2(C)CC2)c(Cl)c1=O. The second-order valence-corrected chi connectivity index (χ2v) is 4.96. The largest absolute Gasteiger partial charge is 0.377 e. The van der Waals surface area contributed by atoms with Gasteiger partial charge in [-0.3, -0.25) is 4.79 Å². The fraction of sp³-hybridized carbons (Fsp3) is 0.636. The molecular weight excluding hydrogens is 226 g/mol. The summed E-state index contributed by atoms with van der Waals surface area (Å²) >= 11 is 6.03. The first-order valence-corrected chi connectivity index (χ1v) is 5.97. The number of hydrogen-bond donors (Lipinski definition) is 1. The predicted octanol–water partition coefficient (Wildman–Crippen LogP) is 2.27. The van der Waals surface area contributed by atoms with Gasteiger partial charge in [0.15, 0.2) is 0 Å². The molecule has 1 saturated carbocycles. The number of nitrogens with one attached hydrogen (secondary N) is 1. The van der Waals surface area contributed by atoms with Crippen molar-refractivity contribution >= 4 is 17.3 Å². The first-order chi connectivity index (χ1) is 7.56. The van der Waals surface area contributed by atoms with E-state index >= 15 is 0 Å². The van der Waals surface area contributed by atoms with Crippen LogP contribution in [0.1, 0.15) is 33.1 Å². The fourth-order valence-electron chi connectivity index (χ4n) is 1.56. The molecule has 16 heavy (non-hydrogen) atoms. The maximum absolute atomic E-state index is 11.8. The van der Waals surface area contributed by atoms with Crippen LogP contribution in [0.25, 0.3) is 0 Å². The lowest BCUT2D eigenvalue weighted by atomic mass is 10.3. The van der Waals surface area contributed by atoms with E-state index in [0.29, 0.717) is 12.2 Å². The molecule has 0 amide bonds. The van der Waals surface area contributed by atoms with Crippen LogP contribution in [-0.2, 0) is 6.54 Å². The van der Waals surface area contributed by atoms with Crippen molar-refractivity contribution in [3.05, 3.63) is 21.6 Å². The Morgan fingerprint density at radius 1 is 1.62 bits per heavy atom. The number of nitrogens with zero attached hydrogens (tertiary/aromatic N) is 2. The Morgan fingerprint density at radius 3 is 2.88 bits per heavy atom. The lowest BCUT2D eigenvalue weighted by molar-refractivity contribution is 0.568. The van der Waals surface area contributed by atoms with Crippen LogP contribution in [0.3, 0.4) is 0 Å². The van der Waals surface area contributed by atoms with Crippen molar-refractivity contribution < 1.29 is 0 Å². The molecule has 1 aromatic heterocycles. The highest BCUT2D eigenvalue weighted by Crippen LogP contribution is 2.38. The van der Waals surface area contributed by atoms with Crippen LogP contribution in [-0.4, -0.2) is 15.3 Å². The number of aryl methyl sites for hydroxylation is 1. The minimum atomic E-state index is -0.210. The van der Waals surface area contributed by atoms with Gasteiger partial charge in [0.1, 0.15) is 5.02 Å². The zero-order valence-corrected chi connectivity index (χ0v) is 10.3. The highest BCUT2D eigenvalue weighted by atomic mass is 35.5. The number of hydrogen-bond acceptors (Lipinski definition) is 3. The summed E-state index contributed by atoms with van der Waals surface area (Å²) in [5.74, 6) is 0. The summed E-state index contributed by atoms with van der Waals surface area (Å²) < 4.78 is 1.41. The van der Waals surface area contributed by atoms with E-state index in [-0.39, 0.29) is 16.1 Å². The Kier molecular flexibility index (Phi) is 2.93. The molecule has 1 aromatic rings. The van der Waals surface area contributed by atoms with Crippen LogP contribution < -0.4 is 10.9 Å². The van der Waals surface area contributed by atoms with E-state index in [1.54, 1.807) is 6.20 Å². The average molecular weight is 242 g/mol. The summed E-state index contributed by atoms with van der Waals surface area (Å²) in [6.07, 6.45) is 4.74. The molecule has 2 rings (SSSR count).